The number of aliphatic hydroxyl groups is 2. The van der Waals surface area contributed by atoms with E-state index < -0.39 is 5.97 Å². The zero-order valence-electron chi connectivity index (χ0n) is 54.2. The first-order valence-electron chi connectivity index (χ1n) is 30.6. The van der Waals surface area contributed by atoms with Crippen molar-refractivity contribution in [2.75, 3.05) is 47.7 Å². The number of pyridine rings is 5. The number of ketones is 1. The number of nitrogens with two attached hydrogens (primary N) is 2. The number of aliphatic hydroxyl groups excluding tert-OH is 2. The van der Waals surface area contributed by atoms with Crippen LogP contribution >= 0.6 is 0 Å². The number of esters is 1. The summed E-state index contributed by atoms with van der Waals surface area (Å²) in [6.07, 6.45) is 40.6. The fourth-order valence-electron chi connectivity index (χ4n) is 10.3. The van der Waals surface area contributed by atoms with E-state index in [1.165, 1.54) is 130 Å². The van der Waals surface area contributed by atoms with Gasteiger partial charge in [-0.05, 0) is 99.7 Å². The normalized spacial score (nSPS) is 13.0. The Morgan fingerprint density at radius 1 is 0.553 bits per heavy atom. The van der Waals surface area contributed by atoms with Crippen molar-refractivity contribution in [3.8, 4) is 0 Å². The van der Waals surface area contributed by atoms with E-state index in [1.54, 1.807) is 97.9 Å². The maximum absolute atomic E-state index is 12.5. The topological polar surface area (TPSA) is 330 Å². The van der Waals surface area contributed by atoms with Crippen molar-refractivity contribution in [3.63, 3.8) is 0 Å². The molecular formula is C68H96ClMgN13O11. The zero-order chi connectivity index (χ0) is 64.9. The Balaban J connectivity index is 0.000000551. The number of hydrogen-bond donors (Lipinski definition) is 5. The summed E-state index contributed by atoms with van der Waals surface area (Å²) in [5.74, 6) is 7.92. The molecule has 0 radical (unpaired) electrons. The standard InChI is InChI=1S/C14H16N2O.C14H18N2.C10H11N3O2.C10H10N2O2.C8H6N2O2.C6H11.C3H8O.C2H6O2.CH4.ClH.Mg.H4N2.H2O/c17-14(11-5-2-1-3-6-11)13-8-4-7-12-9-15-10-16(12)13;1-2-5-12(6-3-1)9-13-7-4-8-14-10-15-11-16(13)14;1-12(15-2)10(14)9-5-3-4-8-6-11-7-13(8)9;1-2-14-10(13)9-5-3-4-8-6-11-7-12(8)9;11-8(12)7-3-1-2-6-4-9-5-10(6)7;1-2-4-6-5-3-1;1-3-4-2;3-1-2-4;;;;1-2;/h4,7-11H,1-3,5-6H2;4,7-8,10-12H,1-3,5-6,9H2;3-7H,1-2H3;3-7H,2H2,1H3;1-5H,(H,11,12);1H,2-6H2;3H2,1-2H3;3-4H,1-2H2;1H4;1H;;1-2H2;1H2/q;;;;;-1;;;;;+2;;/p-1. The number of methoxy groups -OCH3 is 1. The third-order valence-electron chi connectivity index (χ3n) is 15.0. The number of Topliss-reactive ketones (excluding diaryl/α,β-unsaturated/α-hetero) is 1. The number of amides is 1. The number of fused-ring (bicyclic) bond motifs is 5. The molecule has 0 saturated heterocycles. The van der Waals surface area contributed by atoms with E-state index in [-0.39, 0.29) is 90.8 Å². The van der Waals surface area contributed by atoms with Gasteiger partial charge in [0.05, 0.1) is 123 Å². The number of hydroxylamine groups is 2. The van der Waals surface area contributed by atoms with Crippen LogP contribution in [-0.4, -0.2) is 167 Å². The van der Waals surface area contributed by atoms with Gasteiger partial charge in [0.25, 0.3) is 5.91 Å². The summed E-state index contributed by atoms with van der Waals surface area (Å²) in [6, 6.07) is 28.2. The van der Waals surface area contributed by atoms with Gasteiger partial charge in [0.1, 0.15) is 17.1 Å². The summed E-state index contributed by atoms with van der Waals surface area (Å²) < 4.78 is 18.5. The Bertz CT molecular complexity index is 3650. The molecule has 3 saturated carbocycles. The van der Waals surface area contributed by atoms with Crippen LogP contribution in [0.1, 0.15) is 165 Å². The van der Waals surface area contributed by atoms with Gasteiger partial charge in [-0.2, -0.15) is 12.8 Å². The Kier molecular flexibility index (Phi) is 43.1. The molecule has 10 heterocycles. The molecule has 9 N–H and O–H groups in total. The third kappa shape index (κ3) is 26.2. The number of carbonyl (C=O) groups excluding carboxylic acids is 3. The number of carboxylic acid groups (broad SMARTS) is 1. The molecule has 3 fully saturated rings. The molecule has 10 aromatic rings. The third-order valence-corrected chi connectivity index (χ3v) is 15.0. The first-order valence-corrected chi connectivity index (χ1v) is 30.6. The average Bonchev–Trinajstić information content (AvgIpc) is 1.76. The van der Waals surface area contributed by atoms with Crippen molar-refractivity contribution >= 4 is 74.3 Å². The molecule has 0 aromatic carbocycles. The van der Waals surface area contributed by atoms with E-state index in [1.807, 2.05) is 66.3 Å². The molecule has 26 heteroatoms. The van der Waals surface area contributed by atoms with Crippen LogP contribution in [0, 0.1) is 18.3 Å². The summed E-state index contributed by atoms with van der Waals surface area (Å²) in [4.78, 5) is 71.4. The molecule has 3 aliphatic carbocycles. The van der Waals surface area contributed by atoms with E-state index in [4.69, 9.17) is 24.9 Å². The molecule has 24 nitrogen and oxygen atoms in total. The number of hydrazine groups is 1. The van der Waals surface area contributed by atoms with Crippen molar-refractivity contribution in [2.45, 2.75) is 124 Å². The second-order valence-electron chi connectivity index (χ2n) is 21.0. The van der Waals surface area contributed by atoms with Gasteiger partial charge < -0.3 is 53.5 Å². The largest absolute Gasteiger partial charge is 2.00 e. The van der Waals surface area contributed by atoms with Crippen LogP contribution in [0.5, 0.6) is 0 Å². The van der Waals surface area contributed by atoms with E-state index in [0.29, 0.717) is 18.0 Å². The van der Waals surface area contributed by atoms with Crippen molar-refractivity contribution in [2.24, 2.45) is 23.5 Å². The molecule has 508 valence electrons. The van der Waals surface area contributed by atoms with Gasteiger partial charge in [-0.25, -0.2) is 39.6 Å². The van der Waals surface area contributed by atoms with Crippen LogP contribution in [0.25, 0.3) is 27.6 Å². The quantitative estimate of drug-likeness (QED) is 0.0215. The fraction of sp³-hybridized carbons (Fsp3) is 0.412. The van der Waals surface area contributed by atoms with E-state index in [9.17, 15) is 19.2 Å². The van der Waals surface area contributed by atoms with Crippen LogP contribution < -0.4 is 24.1 Å². The van der Waals surface area contributed by atoms with Crippen LogP contribution in [0.15, 0.2) is 154 Å². The summed E-state index contributed by atoms with van der Waals surface area (Å²) in [7, 11) is 4.70. The van der Waals surface area contributed by atoms with Crippen molar-refractivity contribution in [1.29, 1.82) is 0 Å². The van der Waals surface area contributed by atoms with Crippen molar-refractivity contribution < 1.29 is 66.7 Å². The number of aromatic carboxylic acids is 1. The van der Waals surface area contributed by atoms with Crippen LogP contribution in [0.4, 0.5) is 0 Å². The predicted molar refractivity (Wildman–Crippen MR) is 363 cm³/mol. The molecule has 0 bridgehead atoms. The van der Waals surface area contributed by atoms with Crippen LogP contribution in [0.2, 0.25) is 0 Å². The van der Waals surface area contributed by atoms with Crippen molar-refractivity contribution in [1.82, 2.24) is 52.0 Å². The molecule has 13 rings (SSSR count). The monoisotopic (exact) mass is 1330 g/mol. The number of rotatable bonds is 11. The smallest absolute Gasteiger partial charge is 1.00 e. The zero-order valence-corrected chi connectivity index (χ0v) is 56.3. The van der Waals surface area contributed by atoms with Gasteiger partial charge in [0.2, 0.25) is 0 Å². The summed E-state index contributed by atoms with van der Waals surface area (Å²) in [5.41, 5.74) is 8.21. The summed E-state index contributed by atoms with van der Waals surface area (Å²) in [5, 5.41) is 25.2. The minimum Gasteiger partial charge on any atom is -1.00 e. The van der Waals surface area contributed by atoms with E-state index in [2.05, 4.69) is 70.4 Å². The van der Waals surface area contributed by atoms with Crippen LogP contribution in [-0.2, 0) is 20.7 Å². The van der Waals surface area contributed by atoms with Crippen LogP contribution in [0.3, 0.4) is 0 Å². The predicted octanol–water partition coefficient (Wildman–Crippen LogP) is 7.10. The minimum absolute atomic E-state index is 0. The van der Waals surface area contributed by atoms with Gasteiger partial charge in [0.15, 0.2) is 5.78 Å². The molecule has 10 aromatic heterocycles. The molecule has 0 unspecified atom stereocenters. The number of nitrogens with zero attached hydrogens (tertiary/aromatic N) is 11. The number of halogens is 1. The molecule has 1 amide bonds. The molecule has 0 atom stereocenters. The first-order chi connectivity index (χ1) is 44.0. The molecular weight excluding hydrogens is 1230 g/mol. The van der Waals surface area contributed by atoms with Gasteiger partial charge in [-0.15, -0.1) is 0 Å². The average molecular weight is 1330 g/mol. The Morgan fingerprint density at radius 2 is 0.926 bits per heavy atom. The number of aromatic nitrogens is 10. The Morgan fingerprint density at radius 3 is 1.33 bits per heavy atom. The second kappa shape index (κ2) is 48.1. The van der Waals surface area contributed by atoms with Crippen molar-refractivity contribution in [3.05, 3.63) is 189 Å². The van der Waals surface area contributed by atoms with Gasteiger partial charge in [-0.3, -0.25) is 43.7 Å². The maximum atomic E-state index is 12.5. The number of imidazole rings is 5. The summed E-state index contributed by atoms with van der Waals surface area (Å²) >= 11 is 0. The first kappa shape index (κ1) is 84.3. The number of carboxylic acids is 1. The Labute approximate surface area is 573 Å². The number of hydrogen-bond acceptors (Lipinski definition) is 16. The molecule has 0 aliphatic heterocycles. The molecule has 3 aliphatic rings. The van der Waals surface area contributed by atoms with E-state index in [0.717, 1.165) is 53.1 Å². The van der Waals surface area contributed by atoms with Gasteiger partial charge in [-0.1, -0.05) is 108 Å². The maximum Gasteiger partial charge on any atom is 2.00 e. The fourth-order valence-corrected chi connectivity index (χ4v) is 10.3. The van der Waals surface area contributed by atoms with Gasteiger partial charge in [0, 0.05) is 32.4 Å². The minimum atomic E-state index is -0.946. The van der Waals surface area contributed by atoms with Gasteiger partial charge >= 0.3 is 35.0 Å². The SMILES string of the molecule is C.CCOC.CCOC(=O)c1cccc2cncn12.CON(C)C(=O)c1cccc2cncn12.NN.O.O=C(O)c1cccc2cncn12.O=C(c1cccc2cncn12)C1CCCCC1.OCCO.[CH-]1CCCCC1.[Cl-].[Mg+2].c1cc(CC2CCCCC2)n2cncc2c1. The Hall–Kier alpha value is -7.69. The van der Waals surface area contributed by atoms with E-state index >= 15 is 0 Å². The summed E-state index contributed by atoms with van der Waals surface area (Å²) in [6.45, 7) is 4.69. The second-order valence-corrected chi connectivity index (χ2v) is 21.0. The number of ether oxygens (including phenoxy) is 2. The molecule has 0 spiro atoms. The molecule has 94 heavy (non-hydrogen) atoms. The number of carbonyl (C=O) groups is 4.